The number of nitrogens with one attached hydrogen (secondary N) is 2. The van der Waals surface area contributed by atoms with Gasteiger partial charge in [-0.1, -0.05) is 0 Å². The minimum atomic E-state index is -0.531. The van der Waals surface area contributed by atoms with Gasteiger partial charge >= 0.3 is 6.09 Å². The molecule has 2 aliphatic rings. The third kappa shape index (κ3) is 4.85. The topological polar surface area (TPSA) is 120 Å². The Bertz CT molecular complexity index is 1230. The van der Waals surface area contributed by atoms with Gasteiger partial charge in [-0.25, -0.2) is 9.31 Å². The molecule has 5 rings (SSSR count). The number of rotatable bonds is 6. The molecule has 0 aromatic carbocycles. The lowest BCUT2D eigenvalue weighted by atomic mass is 9.89. The molecule has 2 N–H and O–H groups in total. The third-order valence-corrected chi connectivity index (χ3v) is 5.88. The molecule has 2 aliphatic carbocycles. The Balaban J connectivity index is 1.24. The van der Waals surface area contributed by atoms with Crippen molar-refractivity contribution in [1.29, 1.82) is 0 Å². The molecule has 0 radical (unpaired) electrons. The fourth-order valence-corrected chi connectivity index (χ4v) is 3.96. The molecule has 0 atom stereocenters. The molecular weight excluding hydrogens is 438 g/mol. The van der Waals surface area contributed by atoms with Crippen molar-refractivity contribution in [3.63, 3.8) is 0 Å². The van der Waals surface area contributed by atoms with E-state index in [0.29, 0.717) is 30.3 Å². The molecular formula is C24H29N5O5. The van der Waals surface area contributed by atoms with Gasteiger partial charge in [0.15, 0.2) is 5.82 Å². The number of carbonyl (C=O) groups is 2. The number of alkyl carbamates (subject to hydrolysis) is 1. The van der Waals surface area contributed by atoms with E-state index >= 15 is 0 Å². The molecule has 10 nitrogen and oxygen atoms in total. The lowest BCUT2D eigenvalue weighted by Crippen LogP contribution is -2.50. The zero-order valence-electron chi connectivity index (χ0n) is 19.8. The first kappa shape index (κ1) is 22.2. The molecule has 2 amide bonds. The zero-order chi connectivity index (χ0) is 24.0. The van der Waals surface area contributed by atoms with Crippen LogP contribution in [0.25, 0.3) is 16.6 Å². The van der Waals surface area contributed by atoms with Crippen molar-refractivity contribution in [3.05, 3.63) is 30.2 Å². The average Bonchev–Trinajstić information content (AvgIpc) is 3.40. The van der Waals surface area contributed by atoms with Crippen molar-refractivity contribution < 1.29 is 23.6 Å². The molecule has 0 bridgehead atoms. The third-order valence-electron chi connectivity index (χ3n) is 5.88. The van der Waals surface area contributed by atoms with Gasteiger partial charge in [0.1, 0.15) is 17.5 Å². The van der Waals surface area contributed by atoms with E-state index in [9.17, 15) is 9.59 Å². The first-order chi connectivity index (χ1) is 16.1. The Morgan fingerprint density at radius 1 is 1.21 bits per heavy atom. The first-order valence-corrected chi connectivity index (χ1v) is 11.6. The highest BCUT2D eigenvalue weighted by Gasteiger charge is 2.35. The second-order valence-corrected chi connectivity index (χ2v) is 10.1. The van der Waals surface area contributed by atoms with Crippen LogP contribution in [-0.4, -0.2) is 44.5 Å². The number of nitrogens with zero attached hydrogens (tertiary/aromatic N) is 3. The number of hydrogen-bond donors (Lipinski definition) is 2. The fourth-order valence-electron chi connectivity index (χ4n) is 3.96. The maximum atomic E-state index is 12.0. The number of anilines is 1. The van der Waals surface area contributed by atoms with Crippen molar-refractivity contribution >= 4 is 23.3 Å². The van der Waals surface area contributed by atoms with E-state index in [0.717, 1.165) is 29.5 Å². The summed E-state index contributed by atoms with van der Waals surface area (Å²) >= 11 is 0. The van der Waals surface area contributed by atoms with Crippen LogP contribution in [0.1, 0.15) is 52.2 Å². The van der Waals surface area contributed by atoms with E-state index in [1.165, 1.54) is 0 Å². The Labute approximate surface area is 197 Å². The largest absolute Gasteiger partial charge is 0.472 e. The summed E-state index contributed by atoms with van der Waals surface area (Å²) in [5.41, 5.74) is 1.96. The summed E-state index contributed by atoms with van der Waals surface area (Å²) in [5, 5.41) is 14.3. The highest BCUT2D eigenvalue weighted by molar-refractivity contribution is 5.93. The van der Waals surface area contributed by atoms with E-state index in [4.69, 9.17) is 14.0 Å². The Morgan fingerprint density at radius 3 is 2.68 bits per heavy atom. The SMILES string of the molecule is Cc1onc(OC2CC(NC(=O)OC(C)(C)C)C2)c1-c1ccn2nc(NC(=O)C3CC3)cc2c1. The molecule has 2 fully saturated rings. The van der Waals surface area contributed by atoms with E-state index in [1.807, 2.05) is 52.1 Å². The van der Waals surface area contributed by atoms with Crippen LogP contribution in [0.5, 0.6) is 5.88 Å². The quantitative estimate of drug-likeness (QED) is 0.560. The highest BCUT2D eigenvalue weighted by atomic mass is 16.6. The predicted octanol–water partition coefficient (Wildman–Crippen LogP) is 4.08. The Kier molecular flexibility index (Phi) is 5.45. The molecule has 0 saturated heterocycles. The molecule has 0 unspecified atom stereocenters. The van der Waals surface area contributed by atoms with Gasteiger partial charge in [-0.15, -0.1) is 0 Å². The number of aryl methyl sites for hydroxylation is 1. The smallest absolute Gasteiger partial charge is 0.407 e. The number of pyridine rings is 1. The average molecular weight is 468 g/mol. The van der Waals surface area contributed by atoms with E-state index < -0.39 is 11.7 Å². The van der Waals surface area contributed by atoms with Gasteiger partial charge in [-0.3, -0.25) is 4.79 Å². The van der Waals surface area contributed by atoms with Crippen molar-refractivity contribution in [2.45, 2.75) is 71.1 Å². The molecule has 3 aromatic heterocycles. The maximum Gasteiger partial charge on any atom is 0.407 e. The van der Waals surface area contributed by atoms with Gasteiger partial charge in [0, 0.05) is 37.1 Å². The van der Waals surface area contributed by atoms with Crippen LogP contribution >= 0.6 is 0 Å². The van der Waals surface area contributed by atoms with E-state index in [-0.39, 0.29) is 24.0 Å². The second kappa shape index (κ2) is 8.34. The maximum absolute atomic E-state index is 12.0. The molecule has 2 saturated carbocycles. The zero-order valence-corrected chi connectivity index (χ0v) is 19.8. The van der Waals surface area contributed by atoms with Crippen molar-refractivity contribution in [2.24, 2.45) is 5.92 Å². The monoisotopic (exact) mass is 467 g/mol. The number of ether oxygens (including phenoxy) is 2. The van der Waals surface area contributed by atoms with Gasteiger partial charge in [0.2, 0.25) is 5.91 Å². The molecule has 3 aromatic rings. The summed E-state index contributed by atoms with van der Waals surface area (Å²) < 4.78 is 18.5. The van der Waals surface area contributed by atoms with Crippen molar-refractivity contribution in [1.82, 2.24) is 20.1 Å². The highest BCUT2D eigenvalue weighted by Crippen LogP contribution is 2.36. The number of carbonyl (C=O) groups excluding carboxylic acids is 2. The van der Waals surface area contributed by atoms with Crippen molar-refractivity contribution in [2.75, 3.05) is 5.32 Å². The van der Waals surface area contributed by atoms with Crippen LogP contribution in [0.2, 0.25) is 0 Å². The molecule has 3 heterocycles. The number of fused-ring (bicyclic) bond motifs is 1. The van der Waals surface area contributed by atoms with Gasteiger partial charge in [0.05, 0.1) is 11.1 Å². The molecule has 180 valence electrons. The minimum absolute atomic E-state index is 0.00344. The molecule has 0 spiro atoms. The lowest BCUT2D eigenvalue weighted by molar-refractivity contribution is -0.117. The van der Waals surface area contributed by atoms with E-state index in [1.54, 1.807) is 4.52 Å². The molecule has 10 heteroatoms. The minimum Gasteiger partial charge on any atom is -0.472 e. The van der Waals surface area contributed by atoms with Gasteiger partial charge < -0.3 is 24.6 Å². The first-order valence-electron chi connectivity index (χ1n) is 11.6. The van der Waals surface area contributed by atoms with Crippen LogP contribution in [0, 0.1) is 12.8 Å². The van der Waals surface area contributed by atoms with Crippen LogP contribution in [-0.2, 0) is 9.53 Å². The van der Waals surface area contributed by atoms with Gasteiger partial charge in [0.25, 0.3) is 5.88 Å². The summed E-state index contributed by atoms with van der Waals surface area (Å²) in [4.78, 5) is 24.0. The van der Waals surface area contributed by atoms with E-state index in [2.05, 4.69) is 20.9 Å². The second-order valence-electron chi connectivity index (χ2n) is 10.1. The summed E-state index contributed by atoms with van der Waals surface area (Å²) in [7, 11) is 0. The number of aromatic nitrogens is 3. The normalized spacial score (nSPS) is 20.0. The Hall–Kier alpha value is -3.56. The molecule has 0 aliphatic heterocycles. The summed E-state index contributed by atoms with van der Waals surface area (Å²) in [6.45, 7) is 7.34. The number of hydrogen-bond acceptors (Lipinski definition) is 7. The van der Waals surface area contributed by atoms with Crippen LogP contribution < -0.4 is 15.4 Å². The number of amides is 2. The summed E-state index contributed by atoms with van der Waals surface area (Å²) in [6, 6.07) is 5.71. The summed E-state index contributed by atoms with van der Waals surface area (Å²) in [6.07, 6.45) is 4.54. The standard InChI is InChI=1S/C24H29N5O5/c1-13-20(15-7-8-29-17(9-15)12-19(27-29)26-21(30)14-5-6-14)22(28-34-13)32-18-10-16(11-18)25-23(31)33-24(2,3)4/h7-9,12,14,16,18H,5-6,10-11H2,1-4H3,(H,25,31)(H,26,27,30). The summed E-state index contributed by atoms with van der Waals surface area (Å²) in [5.74, 6) is 1.73. The van der Waals surface area contributed by atoms with Crippen LogP contribution in [0.15, 0.2) is 28.9 Å². The fraction of sp³-hybridized carbons (Fsp3) is 0.500. The molecule has 34 heavy (non-hydrogen) atoms. The Morgan fingerprint density at radius 2 is 1.97 bits per heavy atom. The van der Waals surface area contributed by atoms with Crippen LogP contribution in [0.3, 0.4) is 0 Å². The van der Waals surface area contributed by atoms with Gasteiger partial charge in [-0.2, -0.15) is 5.10 Å². The predicted molar refractivity (Wildman–Crippen MR) is 124 cm³/mol. The van der Waals surface area contributed by atoms with Crippen molar-refractivity contribution in [3.8, 4) is 17.0 Å². The van der Waals surface area contributed by atoms with Gasteiger partial charge in [-0.05, 0) is 63.4 Å². The van der Waals surface area contributed by atoms with Crippen LogP contribution in [0.4, 0.5) is 10.6 Å². The lowest BCUT2D eigenvalue weighted by Gasteiger charge is -2.35.